The van der Waals surface area contributed by atoms with Gasteiger partial charge in [-0.15, -0.1) is 11.3 Å². The molecule has 2 rings (SSSR count). The van der Waals surface area contributed by atoms with E-state index < -0.39 is 0 Å². The molecular formula is C11H14ClN3S. The molecule has 0 N–H and O–H groups in total. The summed E-state index contributed by atoms with van der Waals surface area (Å²) in [5.41, 5.74) is 0. The van der Waals surface area contributed by atoms with Gasteiger partial charge in [0.05, 0.1) is 10.9 Å². The third kappa shape index (κ3) is 2.84. The smallest absolute Gasteiger partial charge is 0.122 e. The Labute approximate surface area is 104 Å². The average Bonchev–Trinajstić information content (AvgIpc) is 2.77. The Morgan fingerprint density at radius 2 is 2.25 bits per heavy atom. The van der Waals surface area contributed by atoms with E-state index in [2.05, 4.69) is 23.0 Å². The van der Waals surface area contributed by atoms with Crippen molar-refractivity contribution >= 4 is 22.9 Å². The fourth-order valence-electron chi connectivity index (χ4n) is 1.55. The highest BCUT2D eigenvalue weighted by molar-refractivity contribution is 7.16. The lowest BCUT2D eigenvalue weighted by atomic mass is 10.4. The monoisotopic (exact) mass is 255 g/mol. The molecule has 16 heavy (non-hydrogen) atoms. The third-order valence-corrected chi connectivity index (χ3v) is 3.60. The molecule has 0 unspecified atom stereocenters. The second kappa shape index (κ2) is 4.99. The summed E-state index contributed by atoms with van der Waals surface area (Å²) >= 11 is 7.52. The van der Waals surface area contributed by atoms with E-state index in [-0.39, 0.29) is 0 Å². The Morgan fingerprint density at radius 3 is 2.81 bits per heavy atom. The lowest BCUT2D eigenvalue weighted by molar-refractivity contribution is 0.310. The Morgan fingerprint density at radius 1 is 1.44 bits per heavy atom. The van der Waals surface area contributed by atoms with Gasteiger partial charge in [-0.25, -0.2) is 4.98 Å². The SMILES string of the molecule is CN(Cc1ccc(Cl)s1)Cc1nccn1C. The van der Waals surface area contributed by atoms with E-state index in [1.807, 2.05) is 30.1 Å². The Balaban J connectivity index is 1.94. The van der Waals surface area contributed by atoms with Crippen LogP contribution in [0.5, 0.6) is 0 Å². The first-order valence-corrected chi connectivity index (χ1v) is 6.23. The summed E-state index contributed by atoms with van der Waals surface area (Å²) in [7, 11) is 4.10. The first-order chi connectivity index (χ1) is 7.65. The molecule has 2 heterocycles. The summed E-state index contributed by atoms with van der Waals surface area (Å²) < 4.78 is 2.89. The van der Waals surface area contributed by atoms with Gasteiger partial charge in [0, 0.05) is 30.9 Å². The maximum Gasteiger partial charge on any atom is 0.122 e. The number of hydrogen-bond acceptors (Lipinski definition) is 3. The van der Waals surface area contributed by atoms with Crippen molar-refractivity contribution in [2.45, 2.75) is 13.1 Å². The van der Waals surface area contributed by atoms with Gasteiger partial charge in [-0.3, -0.25) is 4.90 Å². The lowest BCUT2D eigenvalue weighted by Gasteiger charge is -2.14. The fraction of sp³-hybridized carbons (Fsp3) is 0.364. The quantitative estimate of drug-likeness (QED) is 0.838. The maximum absolute atomic E-state index is 5.90. The van der Waals surface area contributed by atoms with Gasteiger partial charge in [0.25, 0.3) is 0 Å². The van der Waals surface area contributed by atoms with Crippen LogP contribution in [0.4, 0.5) is 0 Å². The second-order valence-electron chi connectivity index (χ2n) is 3.83. The van der Waals surface area contributed by atoms with Crippen LogP contribution in [-0.2, 0) is 20.1 Å². The number of thiophene rings is 1. The summed E-state index contributed by atoms with van der Waals surface area (Å²) in [5.74, 6) is 1.07. The Hall–Kier alpha value is -0.840. The summed E-state index contributed by atoms with van der Waals surface area (Å²) in [6, 6.07) is 4.01. The van der Waals surface area contributed by atoms with Gasteiger partial charge >= 0.3 is 0 Å². The Bertz CT molecular complexity index is 463. The molecule has 3 nitrogen and oxygen atoms in total. The molecule has 0 aliphatic rings. The van der Waals surface area contributed by atoms with E-state index in [1.165, 1.54) is 4.88 Å². The van der Waals surface area contributed by atoms with Crippen molar-refractivity contribution in [2.75, 3.05) is 7.05 Å². The highest BCUT2D eigenvalue weighted by Crippen LogP contribution is 2.22. The molecule has 0 aliphatic heterocycles. The molecule has 86 valence electrons. The number of aryl methyl sites for hydroxylation is 1. The highest BCUT2D eigenvalue weighted by Gasteiger charge is 2.06. The van der Waals surface area contributed by atoms with E-state index in [1.54, 1.807) is 11.3 Å². The summed E-state index contributed by atoms with van der Waals surface area (Å²) in [6.45, 7) is 1.75. The van der Waals surface area contributed by atoms with Crippen molar-refractivity contribution in [3.63, 3.8) is 0 Å². The molecule has 0 aliphatic carbocycles. The van der Waals surface area contributed by atoms with Crippen molar-refractivity contribution in [1.82, 2.24) is 14.5 Å². The van der Waals surface area contributed by atoms with Gasteiger partial charge in [-0.2, -0.15) is 0 Å². The number of aromatic nitrogens is 2. The van der Waals surface area contributed by atoms with Crippen molar-refractivity contribution in [1.29, 1.82) is 0 Å². The van der Waals surface area contributed by atoms with Crippen LogP contribution in [0.3, 0.4) is 0 Å². The van der Waals surface area contributed by atoms with Gasteiger partial charge in [0.1, 0.15) is 5.82 Å². The minimum Gasteiger partial charge on any atom is -0.337 e. The van der Waals surface area contributed by atoms with Crippen molar-refractivity contribution in [2.24, 2.45) is 7.05 Å². The van der Waals surface area contributed by atoms with Crippen molar-refractivity contribution < 1.29 is 0 Å². The van der Waals surface area contributed by atoms with Crippen LogP contribution < -0.4 is 0 Å². The van der Waals surface area contributed by atoms with Crippen LogP contribution in [0.25, 0.3) is 0 Å². The minimum absolute atomic E-state index is 0.846. The first kappa shape index (κ1) is 11.6. The molecule has 0 atom stereocenters. The molecule has 0 fully saturated rings. The summed E-state index contributed by atoms with van der Waals surface area (Å²) in [6.07, 6.45) is 3.79. The van der Waals surface area contributed by atoms with Gasteiger partial charge in [-0.1, -0.05) is 11.6 Å². The van der Waals surface area contributed by atoms with Crippen molar-refractivity contribution in [3.8, 4) is 0 Å². The van der Waals surface area contributed by atoms with Crippen LogP contribution in [0.1, 0.15) is 10.7 Å². The molecule has 5 heteroatoms. The number of hydrogen-bond donors (Lipinski definition) is 0. The topological polar surface area (TPSA) is 21.1 Å². The highest BCUT2D eigenvalue weighted by atomic mass is 35.5. The number of imidazole rings is 1. The fourth-order valence-corrected chi connectivity index (χ4v) is 2.72. The zero-order chi connectivity index (χ0) is 11.5. The van der Waals surface area contributed by atoms with E-state index in [0.29, 0.717) is 0 Å². The lowest BCUT2D eigenvalue weighted by Crippen LogP contribution is -2.18. The van der Waals surface area contributed by atoms with Gasteiger partial charge in [0.2, 0.25) is 0 Å². The molecule has 2 aromatic rings. The summed E-state index contributed by atoms with van der Waals surface area (Å²) in [5, 5.41) is 0. The maximum atomic E-state index is 5.90. The summed E-state index contributed by atoms with van der Waals surface area (Å²) in [4.78, 5) is 7.81. The van der Waals surface area contributed by atoms with Crippen LogP contribution in [0, 0.1) is 0 Å². The molecule has 0 radical (unpaired) electrons. The van der Waals surface area contributed by atoms with Gasteiger partial charge < -0.3 is 4.57 Å². The second-order valence-corrected chi connectivity index (χ2v) is 5.63. The van der Waals surface area contributed by atoms with Crippen LogP contribution in [-0.4, -0.2) is 21.5 Å². The van der Waals surface area contributed by atoms with Gasteiger partial charge in [-0.05, 0) is 19.2 Å². The molecule has 0 saturated carbocycles. The number of nitrogens with zero attached hydrogens (tertiary/aromatic N) is 3. The third-order valence-electron chi connectivity index (χ3n) is 2.39. The molecule has 0 aromatic carbocycles. The zero-order valence-electron chi connectivity index (χ0n) is 9.35. The van der Waals surface area contributed by atoms with E-state index in [0.717, 1.165) is 23.3 Å². The molecule has 2 aromatic heterocycles. The van der Waals surface area contributed by atoms with Crippen LogP contribution in [0.2, 0.25) is 4.34 Å². The van der Waals surface area contributed by atoms with Crippen molar-refractivity contribution in [3.05, 3.63) is 39.6 Å². The van der Waals surface area contributed by atoms with E-state index in [4.69, 9.17) is 11.6 Å². The molecule has 0 saturated heterocycles. The number of rotatable bonds is 4. The predicted octanol–water partition coefficient (Wildman–Crippen LogP) is 2.77. The largest absolute Gasteiger partial charge is 0.337 e. The molecule has 0 amide bonds. The predicted molar refractivity (Wildman–Crippen MR) is 67.7 cm³/mol. The van der Waals surface area contributed by atoms with Crippen LogP contribution in [0.15, 0.2) is 24.5 Å². The molecular weight excluding hydrogens is 242 g/mol. The molecule has 0 bridgehead atoms. The molecule has 0 spiro atoms. The zero-order valence-corrected chi connectivity index (χ0v) is 10.9. The average molecular weight is 256 g/mol. The van der Waals surface area contributed by atoms with E-state index >= 15 is 0 Å². The Kier molecular flexibility index (Phi) is 3.63. The minimum atomic E-state index is 0.846. The first-order valence-electron chi connectivity index (χ1n) is 5.04. The standard InChI is InChI=1S/C11H14ClN3S/c1-14(7-9-3-4-10(12)16-9)8-11-13-5-6-15(11)2/h3-6H,7-8H2,1-2H3. The van der Waals surface area contributed by atoms with Crippen LogP contribution >= 0.6 is 22.9 Å². The van der Waals surface area contributed by atoms with Gasteiger partial charge in [0.15, 0.2) is 0 Å². The number of halogens is 1. The normalized spacial score (nSPS) is 11.2. The van der Waals surface area contributed by atoms with E-state index in [9.17, 15) is 0 Å².